The van der Waals surface area contributed by atoms with E-state index < -0.39 is 0 Å². The Balaban J connectivity index is 2.32. The topological polar surface area (TPSA) is 35.5 Å². The Bertz CT molecular complexity index is 265. The molecule has 1 aliphatic heterocycles. The van der Waals surface area contributed by atoms with Crippen LogP contribution in [0.15, 0.2) is 0 Å². The van der Waals surface area contributed by atoms with Gasteiger partial charge < -0.3 is 15.3 Å². The average molecular weight is 270 g/mol. The Kier molecular flexibility index (Phi) is 6.28. The van der Waals surface area contributed by atoms with Crippen molar-refractivity contribution in [3.63, 3.8) is 0 Å². The highest BCUT2D eigenvalue weighted by Crippen LogP contribution is 2.28. The Morgan fingerprint density at radius 1 is 1.37 bits per heavy atom. The van der Waals surface area contributed by atoms with E-state index in [1.807, 2.05) is 0 Å². The lowest BCUT2D eigenvalue weighted by atomic mass is 9.84. The second kappa shape index (κ2) is 7.05. The molecule has 114 valence electrons. The van der Waals surface area contributed by atoms with Crippen LogP contribution in [0.25, 0.3) is 0 Å². The molecule has 1 atom stereocenters. The number of piperidine rings is 1. The summed E-state index contributed by atoms with van der Waals surface area (Å²) in [6.07, 6.45) is 4.88. The molecule has 19 heavy (non-hydrogen) atoms. The molecule has 3 nitrogen and oxygen atoms in total. The molecule has 1 heterocycles. The van der Waals surface area contributed by atoms with Gasteiger partial charge in [0.2, 0.25) is 0 Å². The van der Waals surface area contributed by atoms with Crippen molar-refractivity contribution >= 4 is 0 Å². The lowest BCUT2D eigenvalue weighted by molar-refractivity contribution is 0.106. The molecule has 0 saturated carbocycles. The summed E-state index contributed by atoms with van der Waals surface area (Å²) in [5.41, 5.74) is 0.355. The predicted octanol–water partition coefficient (Wildman–Crippen LogP) is 2.64. The van der Waals surface area contributed by atoms with E-state index in [1.54, 1.807) is 0 Å². The molecule has 0 bridgehead atoms. The van der Waals surface area contributed by atoms with Crippen molar-refractivity contribution in [2.24, 2.45) is 5.41 Å². The lowest BCUT2D eigenvalue weighted by Gasteiger charge is -2.39. The zero-order valence-electron chi connectivity index (χ0n) is 13.6. The van der Waals surface area contributed by atoms with Crippen LogP contribution in [-0.2, 0) is 0 Å². The first-order chi connectivity index (χ1) is 8.76. The highest BCUT2D eigenvalue weighted by molar-refractivity contribution is 4.85. The number of rotatable bonds is 7. The number of likely N-dealkylation sites (tertiary alicyclic amines) is 1. The highest BCUT2D eigenvalue weighted by Gasteiger charge is 2.27. The summed E-state index contributed by atoms with van der Waals surface area (Å²) < 4.78 is 0. The van der Waals surface area contributed by atoms with Crippen molar-refractivity contribution in [2.75, 3.05) is 26.2 Å². The minimum atomic E-state index is -0.126. The van der Waals surface area contributed by atoms with Gasteiger partial charge in [0.25, 0.3) is 0 Å². The predicted molar refractivity (Wildman–Crippen MR) is 82.5 cm³/mol. The van der Waals surface area contributed by atoms with Crippen molar-refractivity contribution in [3.8, 4) is 0 Å². The second-order valence-corrected chi connectivity index (χ2v) is 7.67. The molecule has 0 aliphatic carbocycles. The summed E-state index contributed by atoms with van der Waals surface area (Å²) in [4.78, 5) is 2.59. The average Bonchev–Trinajstić information content (AvgIpc) is 2.26. The highest BCUT2D eigenvalue weighted by atomic mass is 16.3. The molecule has 0 aromatic carbocycles. The van der Waals surface area contributed by atoms with Crippen LogP contribution in [0, 0.1) is 5.41 Å². The quantitative estimate of drug-likeness (QED) is 0.746. The van der Waals surface area contributed by atoms with Crippen molar-refractivity contribution in [2.45, 2.75) is 71.9 Å². The molecule has 3 heteroatoms. The third-order valence-corrected chi connectivity index (χ3v) is 4.17. The van der Waals surface area contributed by atoms with E-state index in [1.165, 1.54) is 32.5 Å². The van der Waals surface area contributed by atoms with Crippen LogP contribution in [0.2, 0.25) is 0 Å². The van der Waals surface area contributed by atoms with Gasteiger partial charge in [-0.3, -0.25) is 0 Å². The molecular formula is C16H34N2O. The van der Waals surface area contributed by atoms with E-state index >= 15 is 0 Å². The van der Waals surface area contributed by atoms with Crippen molar-refractivity contribution in [1.29, 1.82) is 0 Å². The van der Waals surface area contributed by atoms with Gasteiger partial charge in [-0.05, 0) is 51.1 Å². The van der Waals surface area contributed by atoms with Crippen LogP contribution in [0.5, 0.6) is 0 Å². The van der Waals surface area contributed by atoms with Gasteiger partial charge in [0, 0.05) is 18.1 Å². The molecule has 0 radical (unpaired) electrons. The molecule has 0 amide bonds. The van der Waals surface area contributed by atoms with Crippen LogP contribution < -0.4 is 5.32 Å². The fourth-order valence-electron chi connectivity index (χ4n) is 3.32. The van der Waals surface area contributed by atoms with Crippen molar-refractivity contribution in [1.82, 2.24) is 10.2 Å². The van der Waals surface area contributed by atoms with Crippen LogP contribution in [0.1, 0.15) is 60.3 Å². The third-order valence-electron chi connectivity index (χ3n) is 4.17. The normalized spacial score (nSPS) is 23.5. The van der Waals surface area contributed by atoms with Crippen LogP contribution in [-0.4, -0.2) is 47.8 Å². The molecule has 1 rings (SSSR count). The first-order valence-electron chi connectivity index (χ1n) is 7.87. The number of hydrogen-bond donors (Lipinski definition) is 2. The number of aliphatic hydroxyl groups excluding tert-OH is 1. The van der Waals surface area contributed by atoms with Gasteiger partial charge in [0.05, 0.1) is 6.61 Å². The molecular weight excluding hydrogens is 236 g/mol. The fraction of sp³-hybridized carbons (Fsp3) is 1.00. The standard InChI is InChI=1S/C16H34N2O/c1-14(2)17-16(5,13-19)9-7-11-18-10-6-8-15(3,4)12-18/h14,17,19H,6-13H2,1-5H3. The molecule has 0 aromatic rings. The van der Waals surface area contributed by atoms with E-state index in [0.29, 0.717) is 11.5 Å². The summed E-state index contributed by atoms with van der Waals surface area (Å²) in [5.74, 6) is 0. The number of hydrogen-bond acceptors (Lipinski definition) is 3. The zero-order chi connectivity index (χ0) is 14.5. The molecule has 0 spiro atoms. The maximum atomic E-state index is 9.58. The summed E-state index contributed by atoms with van der Waals surface area (Å²) in [6.45, 7) is 15.0. The Hall–Kier alpha value is -0.120. The van der Waals surface area contributed by atoms with Gasteiger partial charge in [-0.15, -0.1) is 0 Å². The molecule has 1 aliphatic rings. The summed E-state index contributed by atoms with van der Waals surface area (Å²) in [7, 11) is 0. The Morgan fingerprint density at radius 2 is 2.05 bits per heavy atom. The van der Waals surface area contributed by atoms with Gasteiger partial charge in [-0.25, -0.2) is 0 Å². The number of nitrogens with one attached hydrogen (secondary N) is 1. The summed E-state index contributed by atoms with van der Waals surface area (Å²) >= 11 is 0. The molecule has 0 aromatic heterocycles. The maximum Gasteiger partial charge on any atom is 0.0610 e. The number of aliphatic hydroxyl groups is 1. The van der Waals surface area contributed by atoms with E-state index in [-0.39, 0.29) is 12.1 Å². The van der Waals surface area contributed by atoms with Gasteiger partial charge in [-0.2, -0.15) is 0 Å². The first-order valence-corrected chi connectivity index (χ1v) is 7.87. The minimum absolute atomic E-state index is 0.126. The third kappa shape index (κ3) is 6.24. The first kappa shape index (κ1) is 16.9. The zero-order valence-corrected chi connectivity index (χ0v) is 13.6. The minimum Gasteiger partial charge on any atom is -0.394 e. The number of nitrogens with zero attached hydrogens (tertiary/aromatic N) is 1. The largest absolute Gasteiger partial charge is 0.394 e. The summed E-state index contributed by atoms with van der Waals surface area (Å²) in [6, 6.07) is 0.422. The van der Waals surface area contributed by atoms with Crippen molar-refractivity contribution in [3.05, 3.63) is 0 Å². The lowest BCUT2D eigenvalue weighted by Crippen LogP contribution is -2.49. The van der Waals surface area contributed by atoms with Crippen LogP contribution in [0.3, 0.4) is 0 Å². The SMILES string of the molecule is CC(C)NC(C)(CO)CCCN1CCCC(C)(C)C1. The van der Waals surface area contributed by atoms with E-state index in [0.717, 1.165) is 12.8 Å². The smallest absolute Gasteiger partial charge is 0.0610 e. The van der Waals surface area contributed by atoms with Gasteiger partial charge in [0.15, 0.2) is 0 Å². The van der Waals surface area contributed by atoms with Crippen LogP contribution >= 0.6 is 0 Å². The van der Waals surface area contributed by atoms with Gasteiger partial charge >= 0.3 is 0 Å². The monoisotopic (exact) mass is 270 g/mol. The second-order valence-electron chi connectivity index (χ2n) is 7.67. The van der Waals surface area contributed by atoms with Crippen LogP contribution in [0.4, 0.5) is 0 Å². The molecule has 1 unspecified atom stereocenters. The van der Waals surface area contributed by atoms with E-state index in [9.17, 15) is 5.11 Å². The molecule has 1 fully saturated rings. The van der Waals surface area contributed by atoms with Gasteiger partial charge in [-0.1, -0.05) is 27.7 Å². The van der Waals surface area contributed by atoms with E-state index in [4.69, 9.17) is 0 Å². The molecule has 1 saturated heterocycles. The van der Waals surface area contributed by atoms with Gasteiger partial charge in [0.1, 0.15) is 0 Å². The fourth-order valence-corrected chi connectivity index (χ4v) is 3.32. The summed E-state index contributed by atoms with van der Waals surface area (Å²) in [5, 5.41) is 13.1. The van der Waals surface area contributed by atoms with E-state index in [2.05, 4.69) is 44.8 Å². The Labute approximate surface area is 119 Å². The maximum absolute atomic E-state index is 9.58. The Morgan fingerprint density at radius 3 is 2.58 bits per heavy atom. The van der Waals surface area contributed by atoms with Crippen molar-refractivity contribution < 1.29 is 5.11 Å². The molecule has 2 N–H and O–H groups in total.